The highest BCUT2D eigenvalue weighted by atomic mass is 16.5. The van der Waals surface area contributed by atoms with Crippen LogP contribution in [0.3, 0.4) is 0 Å². The first kappa shape index (κ1) is 12.9. The second kappa shape index (κ2) is 5.41. The minimum Gasteiger partial charge on any atom is -0.481 e. The van der Waals surface area contributed by atoms with E-state index in [1.807, 2.05) is 6.92 Å². The van der Waals surface area contributed by atoms with Crippen LogP contribution in [0.2, 0.25) is 0 Å². The van der Waals surface area contributed by atoms with Crippen molar-refractivity contribution in [2.45, 2.75) is 18.9 Å². The summed E-state index contributed by atoms with van der Waals surface area (Å²) in [6, 6.07) is 0. The van der Waals surface area contributed by atoms with E-state index < -0.39 is 11.5 Å². The molecule has 0 spiro atoms. The Labute approximate surface area is 106 Å². The molecule has 1 aliphatic heterocycles. The van der Waals surface area contributed by atoms with E-state index in [1.54, 1.807) is 18.6 Å². The number of carboxylic acids is 1. The predicted molar refractivity (Wildman–Crippen MR) is 64.0 cm³/mol. The smallest absolute Gasteiger partial charge is 0.305 e. The molecule has 1 aliphatic rings. The summed E-state index contributed by atoms with van der Waals surface area (Å²) in [5.74, 6) is -0.838. The normalized spacial score (nSPS) is 20.3. The van der Waals surface area contributed by atoms with E-state index in [0.717, 1.165) is 0 Å². The van der Waals surface area contributed by atoms with Gasteiger partial charge in [0.2, 0.25) is 0 Å². The van der Waals surface area contributed by atoms with Gasteiger partial charge in [0, 0.05) is 25.5 Å². The summed E-state index contributed by atoms with van der Waals surface area (Å²) in [7, 11) is 0. The van der Waals surface area contributed by atoms with Crippen molar-refractivity contribution in [3.05, 3.63) is 24.3 Å². The summed E-state index contributed by atoms with van der Waals surface area (Å²) in [5.41, 5.74) is 0.0541. The number of hydrogen-bond donors (Lipinski definition) is 1. The monoisotopic (exact) mass is 251 g/mol. The lowest BCUT2D eigenvalue weighted by Crippen LogP contribution is -2.51. The van der Waals surface area contributed by atoms with Gasteiger partial charge < -0.3 is 9.84 Å². The van der Waals surface area contributed by atoms with E-state index in [9.17, 15) is 4.79 Å². The van der Waals surface area contributed by atoms with Gasteiger partial charge in [-0.25, -0.2) is 0 Å². The van der Waals surface area contributed by atoms with Crippen LogP contribution in [0.25, 0.3) is 0 Å². The Morgan fingerprint density at radius 1 is 1.50 bits per heavy atom. The van der Waals surface area contributed by atoms with E-state index >= 15 is 0 Å². The van der Waals surface area contributed by atoms with Gasteiger partial charge in [-0.2, -0.15) is 0 Å². The minimum absolute atomic E-state index is 0.00565. The Morgan fingerprint density at radius 2 is 2.22 bits per heavy atom. The lowest BCUT2D eigenvalue weighted by Gasteiger charge is -2.41. The average molecular weight is 251 g/mol. The van der Waals surface area contributed by atoms with Crippen molar-refractivity contribution in [2.75, 3.05) is 26.3 Å². The van der Waals surface area contributed by atoms with Crippen molar-refractivity contribution in [1.29, 1.82) is 0 Å². The molecule has 1 atom stereocenters. The molecule has 2 rings (SSSR count). The molecular weight excluding hydrogens is 234 g/mol. The average Bonchev–Trinajstić information content (AvgIpc) is 2.40. The molecule has 0 aliphatic carbocycles. The van der Waals surface area contributed by atoms with Crippen LogP contribution < -0.4 is 0 Å². The number of ether oxygens (including phenoxy) is 1. The number of morpholine rings is 1. The van der Waals surface area contributed by atoms with Gasteiger partial charge in [0.1, 0.15) is 0 Å². The number of carboxylic acid groups (broad SMARTS) is 1. The van der Waals surface area contributed by atoms with Crippen molar-refractivity contribution in [3.8, 4) is 0 Å². The Bertz CT molecular complexity index is 406. The van der Waals surface area contributed by atoms with E-state index in [-0.39, 0.29) is 6.42 Å². The fourth-order valence-electron chi connectivity index (χ4n) is 2.29. The van der Waals surface area contributed by atoms with Crippen molar-refractivity contribution >= 4 is 5.97 Å². The van der Waals surface area contributed by atoms with Crippen LogP contribution in [-0.2, 0) is 15.1 Å². The maximum absolute atomic E-state index is 11.1. The van der Waals surface area contributed by atoms with Gasteiger partial charge >= 0.3 is 5.97 Å². The molecule has 6 nitrogen and oxygen atoms in total. The second-order valence-electron chi connectivity index (χ2n) is 4.53. The summed E-state index contributed by atoms with van der Waals surface area (Å²) in [5, 5.41) is 9.13. The highest BCUT2D eigenvalue weighted by Crippen LogP contribution is 2.30. The van der Waals surface area contributed by atoms with Crippen LogP contribution >= 0.6 is 0 Å². The zero-order valence-corrected chi connectivity index (χ0v) is 10.4. The molecule has 1 saturated heterocycles. The van der Waals surface area contributed by atoms with Crippen molar-refractivity contribution < 1.29 is 14.6 Å². The van der Waals surface area contributed by atoms with Gasteiger partial charge in [-0.1, -0.05) is 0 Å². The van der Waals surface area contributed by atoms with E-state index in [2.05, 4.69) is 14.9 Å². The van der Waals surface area contributed by atoms with Crippen LogP contribution in [0.1, 0.15) is 19.0 Å². The fourth-order valence-corrected chi connectivity index (χ4v) is 2.29. The van der Waals surface area contributed by atoms with E-state index in [4.69, 9.17) is 9.84 Å². The molecule has 0 bridgehead atoms. The molecule has 1 N–H and O–H groups in total. The van der Waals surface area contributed by atoms with Crippen LogP contribution in [-0.4, -0.2) is 52.2 Å². The highest BCUT2D eigenvalue weighted by molar-refractivity contribution is 5.68. The third-order valence-corrected chi connectivity index (χ3v) is 3.32. The topological polar surface area (TPSA) is 75.5 Å². The Morgan fingerprint density at radius 3 is 2.78 bits per heavy atom. The van der Waals surface area contributed by atoms with Crippen LogP contribution in [0.4, 0.5) is 0 Å². The summed E-state index contributed by atoms with van der Waals surface area (Å²) in [6.07, 6.45) is 4.82. The molecule has 18 heavy (non-hydrogen) atoms. The van der Waals surface area contributed by atoms with Gasteiger partial charge in [0.25, 0.3) is 0 Å². The van der Waals surface area contributed by atoms with Gasteiger partial charge in [0.05, 0.1) is 37.1 Å². The molecule has 1 fully saturated rings. The number of nitrogens with zero attached hydrogens (tertiary/aromatic N) is 3. The second-order valence-corrected chi connectivity index (χ2v) is 4.53. The summed E-state index contributed by atoms with van der Waals surface area (Å²) < 4.78 is 5.31. The van der Waals surface area contributed by atoms with Gasteiger partial charge in [-0.05, 0) is 6.92 Å². The predicted octanol–water partition coefficient (Wildman–Crippen LogP) is 0.499. The summed E-state index contributed by atoms with van der Waals surface area (Å²) in [4.78, 5) is 21.5. The standard InChI is InChI=1S/C12H17N3O3/c1-12(8-11(16)17,10-9-13-2-3-14-10)15-4-6-18-7-5-15/h2-3,9H,4-8H2,1H3,(H,16,17). The van der Waals surface area contributed by atoms with Crippen molar-refractivity contribution in [3.63, 3.8) is 0 Å². The molecular formula is C12H17N3O3. The Balaban J connectivity index is 2.30. The number of rotatable bonds is 4. The van der Waals surface area contributed by atoms with Crippen molar-refractivity contribution in [1.82, 2.24) is 14.9 Å². The molecule has 2 heterocycles. The molecule has 0 radical (unpaired) electrons. The van der Waals surface area contributed by atoms with Gasteiger partial charge in [-0.15, -0.1) is 0 Å². The first-order valence-corrected chi connectivity index (χ1v) is 5.94. The molecule has 98 valence electrons. The van der Waals surface area contributed by atoms with Crippen LogP contribution in [0, 0.1) is 0 Å². The Hall–Kier alpha value is -1.53. The number of hydrogen-bond acceptors (Lipinski definition) is 5. The summed E-state index contributed by atoms with van der Waals surface area (Å²) >= 11 is 0. The highest BCUT2D eigenvalue weighted by Gasteiger charge is 2.38. The lowest BCUT2D eigenvalue weighted by atomic mass is 9.91. The molecule has 1 aromatic rings. The summed E-state index contributed by atoms with van der Waals surface area (Å²) in [6.45, 7) is 4.56. The maximum atomic E-state index is 11.1. The Kier molecular flexibility index (Phi) is 3.88. The lowest BCUT2D eigenvalue weighted by molar-refractivity contribution is -0.141. The molecule has 1 unspecified atom stereocenters. The first-order chi connectivity index (χ1) is 8.63. The zero-order valence-electron chi connectivity index (χ0n) is 10.4. The molecule has 0 aromatic carbocycles. The van der Waals surface area contributed by atoms with Gasteiger partial charge in [0.15, 0.2) is 0 Å². The maximum Gasteiger partial charge on any atom is 0.305 e. The quantitative estimate of drug-likeness (QED) is 0.839. The van der Waals surface area contributed by atoms with Crippen LogP contribution in [0.15, 0.2) is 18.6 Å². The third kappa shape index (κ3) is 2.65. The molecule has 0 amide bonds. The zero-order chi connectivity index (χ0) is 13.0. The number of aromatic nitrogens is 2. The molecule has 6 heteroatoms. The largest absolute Gasteiger partial charge is 0.481 e. The first-order valence-electron chi connectivity index (χ1n) is 5.94. The number of aliphatic carboxylic acids is 1. The van der Waals surface area contributed by atoms with Crippen molar-refractivity contribution in [2.24, 2.45) is 0 Å². The van der Waals surface area contributed by atoms with Crippen LogP contribution in [0.5, 0.6) is 0 Å². The van der Waals surface area contributed by atoms with E-state index in [1.165, 1.54) is 0 Å². The molecule has 0 saturated carbocycles. The third-order valence-electron chi connectivity index (χ3n) is 3.32. The fraction of sp³-hybridized carbons (Fsp3) is 0.583. The van der Waals surface area contributed by atoms with Gasteiger partial charge in [-0.3, -0.25) is 19.7 Å². The van der Waals surface area contributed by atoms with E-state index in [0.29, 0.717) is 32.0 Å². The SMILES string of the molecule is CC(CC(=O)O)(c1cnccn1)N1CCOCC1. The molecule has 1 aromatic heterocycles. The number of carbonyl (C=O) groups is 1. The minimum atomic E-state index is -0.838.